The Morgan fingerprint density at radius 2 is 1.69 bits per heavy atom. The minimum absolute atomic E-state index is 0.231. The van der Waals surface area contributed by atoms with E-state index in [-0.39, 0.29) is 24.0 Å². The molecule has 1 aliphatic carbocycles. The molecule has 0 radical (unpaired) electrons. The summed E-state index contributed by atoms with van der Waals surface area (Å²) in [7, 11) is 0. The Bertz CT molecular complexity index is 278. The van der Waals surface area contributed by atoms with Gasteiger partial charge < -0.3 is 10.2 Å². The standard InChI is InChI=1S/C14H22O2/c1-3-4-5-6-7-8-12-9-13(15)10-14(16)11(12)2/h3-8,11-16H,9-10H2,1-2H3/t11-,12+,13-,14+/m1/s1. The Morgan fingerprint density at radius 3 is 2.38 bits per heavy atom. The Kier molecular flexibility index (Phi) is 5.50. The van der Waals surface area contributed by atoms with Gasteiger partial charge >= 0.3 is 0 Å². The third kappa shape index (κ3) is 3.95. The van der Waals surface area contributed by atoms with E-state index in [1.807, 2.05) is 44.2 Å². The highest BCUT2D eigenvalue weighted by Gasteiger charge is 2.31. The average molecular weight is 222 g/mol. The predicted octanol–water partition coefficient (Wildman–Crippen LogP) is 2.44. The minimum Gasteiger partial charge on any atom is -0.393 e. The molecular formula is C14H22O2. The molecule has 2 nitrogen and oxygen atoms in total. The third-order valence-corrected chi connectivity index (χ3v) is 3.22. The number of aliphatic hydroxyl groups is 2. The minimum atomic E-state index is -0.377. The van der Waals surface area contributed by atoms with E-state index in [2.05, 4.69) is 6.08 Å². The highest BCUT2D eigenvalue weighted by molar-refractivity contribution is 5.12. The van der Waals surface area contributed by atoms with Crippen molar-refractivity contribution in [1.29, 1.82) is 0 Å². The van der Waals surface area contributed by atoms with Gasteiger partial charge in [0.2, 0.25) is 0 Å². The van der Waals surface area contributed by atoms with Gasteiger partial charge in [0, 0.05) is 0 Å². The van der Waals surface area contributed by atoms with Crippen LogP contribution in [0, 0.1) is 11.8 Å². The first-order valence-corrected chi connectivity index (χ1v) is 5.97. The first-order valence-electron chi connectivity index (χ1n) is 5.97. The van der Waals surface area contributed by atoms with Crippen molar-refractivity contribution in [3.63, 3.8) is 0 Å². The molecule has 2 N–H and O–H groups in total. The first-order chi connectivity index (χ1) is 7.65. The van der Waals surface area contributed by atoms with Crippen LogP contribution in [0.3, 0.4) is 0 Å². The molecule has 0 aromatic carbocycles. The second-order valence-corrected chi connectivity index (χ2v) is 4.51. The number of hydrogen-bond acceptors (Lipinski definition) is 2. The molecule has 0 spiro atoms. The Hall–Kier alpha value is -0.860. The van der Waals surface area contributed by atoms with Gasteiger partial charge in [0.25, 0.3) is 0 Å². The maximum atomic E-state index is 9.74. The van der Waals surface area contributed by atoms with Gasteiger partial charge in [-0.25, -0.2) is 0 Å². The summed E-state index contributed by atoms with van der Waals surface area (Å²) >= 11 is 0. The van der Waals surface area contributed by atoms with Crippen molar-refractivity contribution in [3.05, 3.63) is 36.5 Å². The summed E-state index contributed by atoms with van der Waals surface area (Å²) in [5.41, 5.74) is 0. The van der Waals surface area contributed by atoms with E-state index in [0.29, 0.717) is 6.42 Å². The zero-order chi connectivity index (χ0) is 12.0. The lowest BCUT2D eigenvalue weighted by atomic mass is 9.77. The quantitative estimate of drug-likeness (QED) is 0.720. The molecule has 1 rings (SSSR count). The molecule has 1 saturated carbocycles. The van der Waals surface area contributed by atoms with E-state index in [1.165, 1.54) is 0 Å². The molecule has 4 atom stereocenters. The number of hydrogen-bond donors (Lipinski definition) is 2. The van der Waals surface area contributed by atoms with Crippen LogP contribution in [0.15, 0.2) is 36.5 Å². The highest BCUT2D eigenvalue weighted by atomic mass is 16.3. The van der Waals surface area contributed by atoms with Gasteiger partial charge in [-0.3, -0.25) is 0 Å². The molecule has 0 aromatic heterocycles. The van der Waals surface area contributed by atoms with Crippen molar-refractivity contribution in [2.24, 2.45) is 11.8 Å². The van der Waals surface area contributed by atoms with Crippen LogP contribution >= 0.6 is 0 Å². The lowest BCUT2D eigenvalue weighted by molar-refractivity contribution is -0.0128. The topological polar surface area (TPSA) is 40.5 Å². The van der Waals surface area contributed by atoms with Crippen LogP contribution in [0.5, 0.6) is 0 Å². The summed E-state index contributed by atoms with van der Waals surface area (Å²) in [6.07, 6.45) is 12.5. The molecule has 0 aromatic rings. The zero-order valence-electron chi connectivity index (χ0n) is 10.1. The summed E-state index contributed by atoms with van der Waals surface area (Å²) in [6, 6.07) is 0. The molecule has 90 valence electrons. The van der Waals surface area contributed by atoms with E-state index < -0.39 is 0 Å². The molecule has 0 heterocycles. The lowest BCUT2D eigenvalue weighted by Gasteiger charge is -2.34. The second kappa shape index (κ2) is 6.66. The van der Waals surface area contributed by atoms with Gasteiger partial charge in [-0.15, -0.1) is 0 Å². The molecule has 0 unspecified atom stereocenters. The van der Waals surface area contributed by atoms with Crippen LogP contribution in [-0.2, 0) is 0 Å². The van der Waals surface area contributed by atoms with Crippen molar-refractivity contribution < 1.29 is 10.2 Å². The number of allylic oxidation sites excluding steroid dienone is 6. The summed E-state index contributed by atoms with van der Waals surface area (Å²) in [4.78, 5) is 0. The summed E-state index contributed by atoms with van der Waals surface area (Å²) in [6.45, 7) is 4.02. The van der Waals surface area contributed by atoms with Crippen molar-refractivity contribution in [1.82, 2.24) is 0 Å². The maximum absolute atomic E-state index is 9.74. The van der Waals surface area contributed by atoms with E-state index in [1.54, 1.807) is 0 Å². The van der Waals surface area contributed by atoms with Gasteiger partial charge in [-0.2, -0.15) is 0 Å². The third-order valence-electron chi connectivity index (χ3n) is 3.22. The van der Waals surface area contributed by atoms with Crippen LogP contribution in [0.2, 0.25) is 0 Å². The number of aliphatic hydroxyl groups excluding tert-OH is 2. The number of rotatable bonds is 3. The van der Waals surface area contributed by atoms with Crippen LogP contribution in [-0.4, -0.2) is 22.4 Å². The predicted molar refractivity (Wildman–Crippen MR) is 67.0 cm³/mol. The van der Waals surface area contributed by atoms with E-state index in [4.69, 9.17) is 0 Å². The molecule has 0 saturated heterocycles. The Morgan fingerprint density at radius 1 is 1.00 bits per heavy atom. The van der Waals surface area contributed by atoms with Crippen LogP contribution in [0.4, 0.5) is 0 Å². The van der Waals surface area contributed by atoms with Gasteiger partial charge in [0.05, 0.1) is 12.2 Å². The van der Waals surface area contributed by atoms with Crippen molar-refractivity contribution >= 4 is 0 Å². The van der Waals surface area contributed by atoms with E-state index >= 15 is 0 Å². The van der Waals surface area contributed by atoms with E-state index in [0.717, 1.165) is 6.42 Å². The normalized spacial score (nSPS) is 36.8. The monoisotopic (exact) mass is 222 g/mol. The van der Waals surface area contributed by atoms with Crippen molar-refractivity contribution in [2.45, 2.75) is 38.9 Å². The molecular weight excluding hydrogens is 200 g/mol. The Balaban J connectivity index is 2.51. The average Bonchev–Trinajstić information content (AvgIpc) is 2.24. The summed E-state index contributed by atoms with van der Waals surface area (Å²) in [5.74, 6) is 0.503. The molecule has 1 aliphatic rings. The maximum Gasteiger partial charge on any atom is 0.0596 e. The fourth-order valence-electron chi connectivity index (χ4n) is 2.10. The summed E-state index contributed by atoms with van der Waals surface area (Å²) < 4.78 is 0. The van der Waals surface area contributed by atoms with Crippen molar-refractivity contribution in [2.75, 3.05) is 0 Å². The van der Waals surface area contributed by atoms with Gasteiger partial charge in [-0.05, 0) is 31.6 Å². The largest absolute Gasteiger partial charge is 0.393 e. The molecule has 0 bridgehead atoms. The molecule has 0 aliphatic heterocycles. The van der Waals surface area contributed by atoms with Crippen LogP contribution < -0.4 is 0 Å². The van der Waals surface area contributed by atoms with Crippen LogP contribution in [0.1, 0.15) is 26.7 Å². The van der Waals surface area contributed by atoms with E-state index in [9.17, 15) is 10.2 Å². The van der Waals surface area contributed by atoms with Crippen LogP contribution in [0.25, 0.3) is 0 Å². The summed E-state index contributed by atoms with van der Waals surface area (Å²) in [5, 5.41) is 19.3. The first kappa shape index (κ1) is 13.2. The fourth-order valence-corrected chi connectivity index (χ4v) is 2.10. The zero-order valence-corrected chi connectivity index (χ0v) is 10.1. The molecule has 1 fully saturated rings. The second-order valence-electron chi connectivity index (χ2n) is 4.51. The molecule has 2 heteroatoms. The van der Waals surface area contributed by atoms with Gasteiger partial charge in [-0.1, -0.05) is 43.4 Å². The fraction of sp³-hybridized carbons (Fsp3) is 0.571. The molecule has 0 amide bonds. The smallest absolute Gasteiger partial charge is 0.0596 e. The molecule has 16 heavy (non-hydrogen) atoms. The lowest BCUT2D eigenvalue weighted by Crippen LogP contribution is -2.36. The highest BCUT2D eigenvalue weighted by Crippen LogP contribution is 2.31. The Labute approximate surface area is 98.0 Å². The van der Waals surface area contributed by atoms with Gasteiger partial charge in [0.1, 0.15) is 0 Å². The van der Waals surface area contributed by atoms with Gasteiger partial charge in [0.15, 0.2) is 0 Å². The SMILES string of the molecule is CC=CC=CC=C[C@H]1C[C@@H](O)C[C@H](O)[C@@H]1C. The van der Waals surface area contributed by atoms with Crippen molar-refractivity contribution in [3.8, 4) is 0 Å².